The highest BCUT2D eigenvalue weighted by molar-refractivity contribution is 6.32. The summed E-state index contributed by atoms with van der Waals surface area (Å²) in [6.45, 7) is 0. The third kappa shape index (κ3) is 3.54. The summed E-state index contributed by atoms with van der Waals surface area (Å²) in [4.78, 5) is 2.61. The minimum Gasteiger partial charge on any atom is -0.495 e. The van der Waals surface area contributed by atoms with Crippen LogP contribution in [0.3, 0.4) is 0 Å². The van der Waals surface area contributed by atoms with E-state index in [1.165, 1.54) is 6.20 Å². The number of allylic oxidation sites excluding steroid dienone is 1. The lowest BCUT2D eigenvalue weighted by Crippen LogP contribution is -1.87. The number of hydrogen-bond acceptors (Lipinski definition) is 2. The lowest BCUT2D eigenvalue weighted by atomic mass is 10.1. The first-order valence-electron chi connectivity index (χ1n) is 4.29. The van der Waals surface area contributed by atoms with E-state index in [1.807, 2.05) is 12.1 Å². The van der Waals surface area contributed by atoms with Crippen LogP contribution >= 0.6 is 11.6 Å². The number of hydrogen-bond donors (Lipinski definition) is 0. The number of rotatable bonds is 4. The van der Waals surface area contributed by atoms with Gasteiger partial charge in [-0.3, -0.25) is 0 Å². The van der Waals surface area contributed by atoms with Crippen molar-refractivity contribution in [1.29, 1.82) is 0 Å². The maximum Gasteiger partial charge on any atom is 0.137 e. The molecule has 78 valence electrons. The Morgan fingerprint density at radius 2 is 2.40 bits per heavy atom. The van der Waals surface area contributed by atoms with Gasteiger partial charge in [0.05, 0.1) is 12.1 Å². The molecule has 0 aliphatic heterocycles. The first kappa shape index (κ1) is 11.4. The standard InChI is InChI=1S/C10H10ClN3O/c1-15-10-7-8(4-5-9(10)11)3-2-6-13-14-12/h2,4-7H,3H2,1H3/b6-2+. The zero-order valence-electron chi connectivity index (χ0n) is 8.22. The maximum atomic E-state index is 8.05. The summed E-state index contributed by atoms with van der Waals surface area (Å²) in [5.74, 6) is 0.645. The molecule has 0 N–H and O–H groups in total. The van der Waals surface area contributed by atoms with Gasteiger partial charge in [0.2, 0.25) is 0 Å². The first-order valence-corrected chi connectivity index (χ1v) is 4.67. The number of nitrogens with zero attached hydrogens (tertiary/aromatic N) is 3. The highest BCUT2D eigenvalue weighted by Gasteiger charge is 2.00. The fraction of sp³-hybridized carbons (Fsp3) is 0.200. The third-order valence-corrected chi connectivity index (χ3v) is 2.11. The van der Waals surface area contributed by atoms with E-state index in [9.17, 15) is 0 Å². The molecule has 1 aromatic carbocycles. The molecule has 5 heteroatoms. The van der Waals surface area contributed by atoms with Crippen molar-refractivity contribution in [3.8, 4) is 5.75 Å². The molecular formula is C10H10ClN3O. The van der Waals surface area contributed by atoms with E-state index >= 15 is 0 Å². The maximum absolute atomic E-state index is 8.05. The average molecular weight is 224 g/mol. The van der Waals surface area contributed by atoms with Crippen molar-refractivity contribution in [2.75, 3.05) is 7.11 Å². The lowest BCUT2D eigenvalue weighted by Gasteiger charge is -2.04. The molecule has 15 heavy (non-hydrogen) atoms. The van der Waals surface area contributed by atoms with Crippen LogP contribution in [-0.2, 0) is 6.42 Å². The topological polar surface area (TPSA) is 58.0 Å². The van der Waals surface area contributed by atoms with E-state index in [1.54, 1.807) is 19.3 Å². The zero-order chi connectivity index (χ0) is 11.1. The molecule has 0 atom stereocenters. The van der Waals surface area contributed by atoms with Crippen molar-refractivity contribution >= 4 is 11.6 Å². The van der Waals surface area contributed by atoms with E-state index in [4.69, 9.17) is 21.9 Å². The predicted octanol–water partition coefficient (Wildman–Crippen LogP) is 3.72. The van der Waals surface area contributed by atoms with E-state index in [0.717, 1.165) is 5.56 Å². The van der Waals surface area contributed by atoms with Crippen LogP contribution in [0.2, 0.25) is 5.02 Å². The molecule has 0 aromatic heterocycles. The molecule has 0 heterocycles. The highest BCUT2D eigenvalue weighted by Crippen LogP contribution is 2.25. The number of azide groups is 1. The molecule has 0 spiro atoms. The van der Waals surface area contributed by atoms with Gasteiger partial charge in [-0.2, -0.15) is 0 Å². The SMILES string of the molecule is COc1cc(C/C=C/N=[N+]=[N-])ccc1Cl. The molecule has 1 rings (SSSR count). The van der Waals surface area contributed by atoms with Gasteiger partial charge in [0.1, 0.15) is 5.75 Å². The van der Waals surface area contributed by atoms with E-state index in [0.29, 0.717) is 17.2 Å². The van der Waals surface area contributed by atoms with Crippen LogP contribution in [0.1, 0.15) is 5.56 Å². The van der Waals surface area contributed by atoms with Crippen LogP contribution in [0, 0.1) is 0 Å². The second-order valence-electron chi connectivity index (χ2n) is 2.76. The summed E-state index contributed by atoms with van der Waals surface area (Å²) in [6, 6.07) is 5.52. The smallest absolute Gasteiger partial charge is 0.137 e. The van der Waals surface area contributed by atoms with Crippen molar-refractivity contribution in [3.05, 3.63) is 51.5 Å². The summed E-state index contributed by atoms with van der Waals surface area (Å²) >= 11 is 5.87. The molecule has 0 bridgehead atoms. The van der Waals surface area contributed by atoms with Crippen molar-refractivity contribution in [2.24, 2.45) is 5.11 Å². The number of ether oxygens (including phenoxy) is 1. The van der Waals surface area contributed by atoms with E-state index in [2.05, 4.69) is 10.0 Å². The van der Waals surface area contributed by atoms with Gasteiger partial charge >= 0.3 is 0 Å². The summed E-state index contributed by atoms with van der Waals surface area (Å²) < 4.78 is 5.08. The fourth-order valence-electron chi connectivity index (χ4n) is 1.10. The van der Waals surface area contributed by atoms with Gasteiger partial charge in [0.25, 0.3) is 0 Å². The minimum atomic E-state index is 0.584. The predicted molar refractivity (Wildman–Crippen MR) is 60.0 cm³/mol. The molecular weight excluding hydrogens is 214 g/mol. The Balaban J connectivity index is 2.74. The van der Waals surface area contributed by atoms with Crippen LogP contribution in [0.25, 0.3) is 10.4 Å². The van der Waals surface area contributed by atoms with Crippen molar-refractivity contribution in [3.63, 3.8) is 0 Å². The molecule has 0 unspecified atom stereocenters. The molecule has 0 aliphatic carbocycles. The van der Waals surface area contributed by atoms with Gasteiger partial charge in [-0.05, 0) is 35.8 Å². The Kier molecular flexibility index (Phi) is 4.54. The third-order valence-electron chi connectivity index (χ3n) is 1.79. The van der Waals surface area contributed by atoms with Crippen LogP contribution in [0.15, 0.2) is 35.6 Å². The summed E-state index contributed by atoms with van der Waals surface area (Å²) in [5, 5.41) is 3.87. The molecule has 1 aromatic rings. The minimum absolute atomic E-state index is 0.584. The monoisotopic (exact) mass is 223 g/mol. The normalized spacial score (nSPS) is 10.0. The van der Waals surface area contributed by atoms with Crippen LogP contribution in [-0.4, -0.2) is 7.11 Å². The van der Waals surface area contributed by atoms with Crippen LogP contribution in [0.4, 0.5) is 0 Å². The Hall–Kier alpha value is -1.64. The number of benzene rings is 1. The van der Waals surface area contributed by atoms with E-state index < -0.39 is 0 Å². The Morgan fingerprint density at radius 3 is 3.07 bits per heavy atom. The molecule has 4 nitrogen and oxygen atoms in total. The molecule has 0 saturated carbocycles. The van der Waals surface area contributed by atoms with Crippen LogP contribution in [0.5, 0.6) is 5.75 Å². The largest absolute Gasteiger partial charge is 0.495 e. The average Bonchev–Trinajstić information content (AvgIpc) is 2.26. The van der Waals surface area contributed by atoms with Gasteiger partial charge in [-0.25, -0.2) is 0 Å². The zero-order valence-corrected chi connectivity index (χ0v) is 8.98. The second-order valence-corrected chi connectivity index (χ2v) is 3.17. The van der Waals surface area contributed by atoms with Gasteiger partial charge in [-0.15, -0.1) is 0 Å². The van der Waals surface area contributed by atoms with Gasteiger partial charge < -0.3 is 4.74 Å². The summed E-state index contributed by atoms with van der Waals surface area (Å²) in [7, 11) is 1.57. The molecule has 0 aliphatic rings. The first-order chi connectivity index (χ1) is 7.27. The molecule has 0 amide bonds. The summed E-state index contributed by atoms with van der Waals surface area (Å²) in [5.41, 5.74) is 9.09. The van der Waals surface area contributed by atoms with Crippen molar-refractivity contribution in [2.45, 2.75) is 6.42 Å². The molecule has 0 fully saturated rings. The highest BCUT2D eigenvalue weighted by atomic mass is 35.5. The lowest BCUT2D eigenvalue weighted by molar-refractivity contribution is 0.414. The van der Waals surface area contributed by atoms with Crippen molar-refractivity contribution in [1.82, 2.24) is 0 Å². The Bertz CT molecular complexity index is 411. The fourth-order valence-corrected chi connectivity index (χ4v) is 1.29. The molecule has 0 radical (unpaired) electrons. The second kappa shape index (κ2) is 5.96. The number of methoxy groups -OCH3 is 1. The Morgan fingerprint density at radius 1 is 1.60 bits per heavy atom. The van der Waals surface area contributed by atoms with Gasteiger partial charge in [0.15, 0.2) is 0 Å². The Labute approximate surface area is 92.8 Å². The summed E-state index contributed by atoms with van der Waals surface area (Å²) in [6.07, 6.45) is 3.86. The quantitative estimate of drug-likeness (QED) is 0.436. The molecule has 0 saturated heterocycles. The van der Waals surface area contributed by atoms with Gasteiger partial charge in [-0.1, -0.05) is 28.9 Å². The number of halogens is 1. The van der Waals surface area contributed by atoms with Crippen molar-refractivity contribution < 1.29 is 4.74 Å². The van der Waals surface area contributed by atoms with E-state index in [-0.39, 0.29) is 0 Å². The van der Waals surface area contributed by atoms with Gasteiger partial charge in [0, 0.05) is 4.91 Å². The van der Waals surface area contributed by atoms with Crippen LogP contribution < -0.4 is 4.74 Å².